The van der Waals surface area contributed by atoms with Crippen molar-refractivity contribution in [3.63, 3.8) is 0 Å². The highest BCUT2D eigenvalue weighted by Crippen LogP contribution is 2.26. The Bertz CT molecular complexity index is 279. The Morgan fingerprint density at radius 3 is 2.63 bits per heavy atom. The molecular formula is C15H29ClN2O. The number of halogens is 1. The van der Waals surface area contributed by atoms with E-state index in [1.54, 1.807) is 0 Å². The Hall–Kier alpha value is -0.280. The monoisotopic (exact) mass is 288 g/mol. The van der Waals surface area contributed by atoms with Gasteiger partial charge in [0.05, 0.1) is 0 Å². The second kappa shape index (κ2) is 8.11. The van der Waals surface area contributed by atoms with Gasteiger partial charge in [0.1, 0.15) is 0 Å². The van der Waals surface area contributed by atoms with Crippen LogP contribution in [0.5, 0.6) is 0 Å². The zero-order chi connectivity index (χ0) is 13.0. The maximum absolute atomic E-state index is 12.3. The average Bonchev–Trinajstić information content (AvgIpc) is 2.39. The fraction of sp³-hybridized carbons (Fsp3) is 0.933. The van der Waals surface area contributed by atoms with Crippen molar-refractivity contribution in [1.82, 2.24) is 10.2 Å². The zero-order valence-corrected chi connectivity index (χ0v) is 13.2. The fourth-order valence-corrected chi connectivity index (χ4v) is 3.40. The van der Waals surface area contributed by atoms with Gasteiger partial charge >= 0.3 is 0 Å². The summed E-state index contributed by atoms with van der Waals surface area (Å²) >= 11 is 0. The molecule has 2 rings (SSSR count). The molecule has 2 unspecified atom stereocenters. The molecule has 0 aromatic heterocycles. The Labute approximate surface area is 123 Å². The summed E-state index contributed by atoms with van der Waals surface area (Å²) in [7, 11) is 0. The molecule has 0 aliphatic carbocycles. The van der Waals surface area contributed by atoms with Crippen molar-refractivity contribution in [2.75, 3.05) is 26.2 Å². The van der Waals surface area contributed by atoms with E-state index in [9.17, 15) is 4.79 Å². The molecule has 0 aromatic carbocycles. The summed E-state index contributed by atoms with van der Waals surface area (Å²) in [6, 6.07) is 0. The van der Waals surface area contributed by atoms with E-state index in [0.29, 0.717) is 17.7 Å². The minimum atomic E-state index is 0. The van der Waals surface area contributed by atoms with E-state index in [2.05, 4.69) is 24.1 Å². The van der Waals surface area contributed by atoms with Crippen molar-refractivity contribution in [3.05, 3.63) is 0 Å². The second-order valence-electron chi connectivity index (χ2n) is 6.36. The number of carbonyl (C=O) groups excluding carboxylic acids is 1. The number of carbonyl (C=O) groups is 1. The number of hydrogen-bond acceptors (Lipinski definition) is 2. The number of nitrogens with one attached hydrogen (secondary N) is 1. The molecule has 1 N–H and O–H groups in total. The molecule has 3 nitrogen and oxygen atoms in total. The molecule has 0 radical (unpaired) electrons. The van der Waals surface area contributed by atoms with Gasteiger partial charge in [-0.3, -0.25) is 4.79 Å². The van der Waals surface area contributed by atoms with Gasteiger partial charge in [-0.1, -0.05) is 13.8 Å². The van der Waals surface area contributed by atoms with E-state index in [1.165, 1.54) is 25.7 Å². The molecule has 0 saturated carbocycles. The highest BCUT2D eigenvalue weighted by molar-refractivity contribution is 5.85. The second-order valence-corrected chi connectivity index (χ2v) is 6.36. The van der Waals surface area contributed by atoms with Gasteiger partial charge in [0.2, 0.25) is 5.91 Å². The molecule has 4 heteroatoms. The molecule has 0 aromatic rings. The summed E-state index contributed by atoms with van der Waals surface area (Å²) in [6.45, 7) is 8.75. The van der Waals surface area contributed by atoms with Gasteiger partial charge in [-0.25, -0.2) is 0 Å². The highest BCUT2D eigenvalue weighted by atomic mass is 35.5. The van der Waals surface area contributed by atoms with Crippen LogP contribution in [0.3, 0.4) is 0 Å². The van der Waals surface area contributed by atoms with E-state index < -0.39 is 0 Å². The van der Waals surface area contributed by atoms with Gasteiger partial charge in [0, 0.05) is 19.5 Å². The molecule has 19 heavy (non-hydrogen) atoms. The first-order valence-corrected chi connectivity index (χ1v) is 7.65. The van der Waals surface area contributed by atoms with E-state index in [4.69, 9.17) is 0 Å². The topological polar surface area (TPSA) is 32.3 Å². The van der Waals surface area contributed by atoms with Gasteiger partial charge in [-0.05, 0) is 56.5 Å². The lowest BCUT2D eigenvalue weighted by molar-refractivity contribution is -0.134. The molecule has 2 atom stereocenters. The first-order valence-electron chi connectivity index (χ1n) is 7.65. The van der Waals surface area contributed by atoms with Crippen LogP contribution in [0.4, 0.5) is 0 Å². The van der Waals surface area contributed by atoms with Crippen LogP contribution in [0, 0.1) is 17.8 Å². The fourth-order valence-electron chi connectivity index (χ4n) is 3.40. The van der Waals surface area contributed by atoms with Gasteiger partial charge in [-0.2, -0.15) is 0 Å². The third kappa shape index (κ3) is 4.96. The molecule has 2 saturated heterocycles. The Morgan fingerprint density at radius 1 is 1.32 bits per heavy atom. The lowest BCUT2D eigenvalue weighted by Crippen LogP contribution is -2.40. The number of nitrogens with zero attached hydrogens (tertiary/aromatic N) is 1. The summed E-state index contributed by atoms with van der Waals surface area (Å²) in [6.07, 6.45) is 5.72. The van der Waals surface area contributed by atoms with Crippen molar-refractivity contribution in [2.45, 2.75) is 46.0 Å². The van der Waals surface area contributed by atoms with Crippen molar-refractivity contribution < 1.29 is 4.79 Å². The van der Waals surface area contributed by atoms with Crippen molar-refractivity contribution in [1.29, 1.82) is 0 Å². The normalized spacial score (nSPS) is 26.6. The van der Waals surface area contributed by atoms with Crippen LogP contribution in [0.15, 0.2) is 0 Å². The third-order valence-electron chi connectivity index (χ3n) is 4.69. The van der Waals surface area contributed by atoms with Gasteiger partial charge < -0.3 is 10.2 Å². The van der Waals surface area contributed by atoms with Crippen LogP contribution in [-0.2, 0) is 4.79 Å². The number of likely N-dealkylation sites (tertiary alicyclic amines) is 1. The smallest absolute Gasteiger partial charge is 0.222 e. The predicted octanol–water partition coefficient (Wildman–Crippen LogP) is 2.69. The summed E-state index contributed by atoms with van der Waals surface area (Å²) < 4.78 is 0. The molecular weight excluding hydrogens is 260 g/mol. The van der Waals surface area contributed by atoms with E-state index in [1.807, 2.05) is 0 Å². The molecule has 2 heterocycles. The SMILES string of the molecule is CC1CCCN(C(=O)CC(C)C2CCNCC2)C1.Cl. The Balaban J connectivity index is 0.00000180. The van der Waals surface area contributed by atoms with Crippen molar-refractivity contribution in [2.24, 2.45) is 17.8 Å². The molecule has 112 valence electrons. The highest BCUT2D eigenvalue weighted by Gasteiger charge is 2.26. The van der Waals surface area contributed by atoms with Crippen LogP contribution in [0.2, 0.25) is 0 Å². The lowest BCUT2D eigenvalue weighted by atomic mass is 9.83. The number of hydrogen-bond donors (Lipinski definition) is 1. The average molecular weight is 289 g/mol. The summed E-state index contributed by atoms with van der Waals surface area (Å²) in [4.78, 5) is 14.4. The van der Waals surface area contributed by atoms with Crippen LogP contribution in [-0.4, -0.2) is 37.0 Å². The molecule has 0 spiro atoms. The number of rotatable bonds is 3. The van der Waals surface area contributed by atoms with Crippen LogP contribution < -0.4 is 5.32 Å². The van der Waals surface area contributed by atoms with E-state index >= 15 is 0 Å². The van der Waals surface area contributed by atoms with Gasteiger partial charge in [-0.15, -0.1) is 12.4 Å². The van der Waals surface area contributed by atoms with Gasteiger partial charge in [0.15, 0.2) is 0 Å². The standard InChI is InChI=1S/C15H28N2O.ClH/c1-12-4-3-9-17(11-12)15(18)10-13(2)14-5-7-16-8-6-14;/h12-14,16H,3-11H2,1-2H3;1H. The summed E-state index contributed by atoms with van der Waals surface area (Å²) in [5.74, 6) is 2.39. The van der Waals surface area contributed by atoms with Crippen molar-refractivity contribution in [3.8, 4) is 0 Å². The molecule has 0 bridgehead atoms. The Kier molecular flexibility index (Phi) is 7.16. The third-order valence-corrected chi connectivity index (χ3v) is 4.69. The minimum absolute atomic E-state index is 0. The molecule has 2 aliphatic heterocycles. The summed E-state index contributed by atoms with van der Waals surface area (Å²) in [5, 5.41) is 3.40. The predicted molar refractivity (Wildman–Crippen MR) is 81.6 cm³/mol. The lowest BCUT2D eigenvalue weighted by Gasteiger charge is -2.33. The van der Waals surface area contributed by atoms with Crippen LogP contribution in [0.1, 0.15) is 46.0 Å². The minimum Gasteiger partial charge on any atom is -0.342 e. The quantitative estimate of drug-likeness (QED) is 0.866. The van der Waals surface area contributed by atoms with E-state index in [-0.39, 0.29) is 12.4 Å². The number of piperidine rings is 2. The number of amides is 1. The largest absolute Gasteiger partial charge is 0.342 e. The zero-order valence-electron chi connectivity index (χ0n) is 12.4. The Morgan fingerprint density at radius 2 is 2.00 bits per heavy atom. The molecule has 1 amide bonds. The van der Waals surface area contributed by atoms with Crippen LogP contribution in [0.25, 0.3) is 0 Å². The maximum Gasteiger partial charge on any atom is 0.222 e. The molecule has 2 fully saturated rings. The van der Waals surface area contributed by atoms with E-state index in [0.717, 1.165) is 38.5 Å². The van der Waals surface area contributed by atoms with Gasteiger partial charge in [0.25, 0.3) is 0 Å². The first kappa shape index (κ1) is 16.8. The molecule has 2 aliphatic rings. The van der Waals surface area contributed by atoms with Crippen LogP contribution >= 0.6 is 12.4 Å². The summed E-state index contributed by atoms with van der Waals surface area (Å²) in [5.41, 5.74) is 0. The maximum atomic E-state index is 12.3. The van der Waals surface area contributed by atoms with Crippen molar-refractivity contribution >= 4 is 18.3 Å². The first-order chi connectivity index (χ1) is 8.66.